The lowest BCUT2D eigenvalue weighted by atomic mass is 9.76. The molecule has 1 rings (SSSR count). The summed E-state index contributed by atoms with van der Waals surface area (Å²) in [6.45, 7) is 9.60. The van der Waals surface area contributed by atoms with Gasteiger partial charge in [-0.25, -0.2) is 0 Å². The molecule has 0 aliphatic rings. The Kier molecular flexibility index (Phi) is 12.1. The minimum absolute atomic E-state index is 0. The Morgan fingerprint density at radius 2 is 1.74 bits per heavy atom. The number of hydrogen-bond acceptors (Lipinski definition) is 2. The molecule has 5 heteroatoms. The van der Waals surface area contributed by atoms with Crippen LogP contribution in [0, 0.1) is 0 Å². The van der Waals surface area contributed by atoms with Gasteiger partial charge >= 0.3 is 0 Å². The summed E-state index contributed by atoms with van der Waals surface area (Å²) in [5.41, 5.74) is 1.52. The maximum absolute atomic E-state index is 5.34. The van der Waals surface area contributed by atoms with Crippen molar-refractivity contribution < 1.29 is 4.74 Å². The third kappa shape index (κ3) is 7.08. The highest BCUT2D eigenvalue weighted by atomic mass is 127. The van der Waals surface area contributed by atoms with Crippen molar-refractivity contribution >= 4 is 29.9 Å². The molecule has 0 radical (unpaired) electrons. The Hall–Kier alpha value is -0.820. The molecule has 132 valence electrons. The summed E-state index contributed by atoms with van der Waals surface area (Å²) in [6.07, 6.45) is 2.19. The highest BCUT2D eigenvalue weighted by Crippen LogP contribution is 2.30. The maximum Gasteiger partial charge on any atom is 0.191 e. The molecule has 0 aromatic heterocycles. The van der Waals surface area contributed by atoms with Crippen LogP contribution >= 0.6 is 24.0 Å². The van der Waals surface area contributed by atoms with Gasteiger partial charge in [0.2, 0.25) is 0 Å². The third-order valence-electron chi connectivity index (χ3n) is 4.30. The van der Waals surface area contributed by atoms with E-state index in [9.17, 15) is 0 Å². The molecular formula is C18H32IN3O. The number of aliphatic imine (C=N–C) groups is 1. The first-order valence-corrected chi connectivity index (χ1v) is 8.30. The molecule has 0 unspecified atom stereocenters. The second-order valence-corrected chi connectivity index (χ2v) is 5.40. The minimum Gasteiger partial charge on any atom is -0.380 e. The Bertz CT molecular complexity index is 433. The van der Waals surface area contributed by atoms with Gasteiger partial charge in [-0.15, -0.1) is 24.0 Å². The lowest BCUT2D eigenvalue weighted by Crippen LogP contribution is -2.46. The second-order valence-electron chi connectivity index (χ2n) is 5.40. The van der Waals surface area contributed by atoms with E-state index in [4.69, 9.17) is 4.74 Å². The van der Waals surface area contributed by atoms with Crippen LogP contribution in [0.1, 0.15) is 39.2 Å². The molecule has 1 aromatic carbocycles. The van der Waals surface area contributed by atoms with Crippen LogP contribution in [0.15, 0.2) is 35.3 Å². The van der Waals surface area contributed by atoms with Gasteiger partial charge in [-0.05, 0) is 25.3 Å². The molecule has 0 saturated heterocycles. The van der Waals surface area contributed by atoms with Crippen molar-refractivity contribution in [2.75, 3.05) is 33.4 Å². The molecular weight excluding hydrogens is 401 g/mol. The summed E-state index contributed by atoms with van der Waals surface area (Å²) in [5, 5.41) is 6.76. The van der Waals surface area contributed by atoms with Crippen LogP contribution < -0.4 is 10.6 Å². The van der Waals surface area contributed by atoms with E-state index >= 15 is 0 Å². The van der Waals surface area contributed by atoms with Gasteiger partial charge in [0.1, 0.15) is 0 Å². The smallest absolute Gasteiger partial charge is 0.191 e. The number of benzene rings is 1. The van der Waals surface area contributed by atoms with Crippen molar-refractivity contribution in [3.8, 4) is 0 Å². The number of nitrogens with zero attached hydrogens (tertiary/aromatic N) is 1. The summed E-state index contributed by atoms with van der Waals surface area (Å²) in [5.74, 6) is 0.835. The zero-order valence-electron chi connectivity index (χ0n) is 14.9. The molecule has 0 bridgehead atoms. The molecule has 23 heavy (non-hydrogen) atoms. The second kappa shape index (κ2) is 12.6. The van der Waals surface area contributed by atoms with Crippen molar-refractivity contribution in [2.24, 2.45) is 4.99 Å². The molecule has 0 aliphatic heterocycles. The quantitative estimate of drug-likeness (QED) is 0.271. The zero-order valence-corrected chi connectivity index (χ0v) is 17.2. The van der Waals surface area contributed by atoms with Gasteiger partial charge in [0.05, 0.1) is 6.61 Å². The zero-order chi connectivity index (χ0) is 16.3. The molecule has 4 nitrogen and oxygen atoms in total. The van der Waals surface area contributed by atoms with Gasteiger partial charge in [0, 0.05) is 32.2 Å². The molecule has 0 aliphatic carbocycles. The van der Waals surface area contributed by atoms with E-state index in [0.29, 0.717) is 6.61 Å². The van der Waals surface area contributed by atoms with Crippen LogP contribution in [0.25, 0.3) is 0 Å². The predicted molar refractivity (Wildman–Crippen MR) is 110 cm³/mol. The van der Waals surface area contributed by atoms with E-state index in [1.807, 2.05) is 6.92 Å². The first-order chi connectivity index (χ1) is 10.7. The van der Waals surface area contributed by atoms with E-state index in [-0.39, 0.29) is 29.4 Å². The molecule has 1 aromatic rings. The fourth-order valence-electron chi connectivity index (χ4n) is 2.66. The van der Waals surface area contributed by atoms with Gasteiger partial charge < -0.3 is 15.4 Å². The van der Waals surface area contributed by atoms with Gasteiger partial charge in [0.25, 0.3) is 0 Å². The standard InChI is InChI=1S/C18H31N3O.HI/c1-5-18(6-2,16-11-9-8-10-12-16)15-21-17(19-4)20-13-14-22-7-3;/h8-12H,5-7,13-15H2,1-4H3,(H2,19,20,21);1H. The van der Waals surface area contributed by atoms with Crippen LogP contribution in [0.3, 0.4) is 0 Å². The Morgan fingerprint density at radius 1 is 1.09 bits per heavy atom. The topological polar surface area (TPSA) is 45.6 Å². The van der Waals surface area contributed by atoms with Gasteiger partial charge in [-0.2, -0.15) is 0 Å². The first kappa shape index (κ1) is 22.2. The van der Waals surface area contributed by atoms with Crippen LogP contribution in [0.4, 0.5) is 0 Å². The van der Waals surface area contributed by atoms with E-state index in [1.54, 1.807) is 7.05 Å². The first-order valence-electron chi connectivity index (χ1n) is 8.30. The number of ether oxygens (including phenoxy) is 1. The molecule has 0 atom stereocenters. The lowest BCUT2D eigenvalue weighted by Gasteiger charge is -2.33. The van der Waals surface area contributed by atoms with Gasteiger partial charge in [-0.1, -0.05) is 44.2 Å². The molecule has 0 amide bonds. The number of hydrogen-bond donors (Lipinski definition) is 2. The van der Waals surface area contributed by atoms with E-state index in [2.05, 4.69) is 59.8 Å². The van der Waals surface area contributed by atoms with Crippen LogP contribution in [0.5, 0.6) is 0 Å². The van der Waals surface area contributed by atoms with Crippen LogP contribution in [-0.4, -0.2) is 39.3 Å². The molecule has 0 fully saturated rings. The maximum atomic E-state index is 5.34. The molecule has 0 spiro atoms. The summed E-state index contributed by atoms with van der Waals surface area (Å²) in [7, 11) is 1.80. The SMILES string of the molecule is CCOCCNC(=NC)NCC(CC)(CC)c1ccccc1.I. The lowest BCUT2D eigenvalue weighted by molar-refractivity contribution is 0.152. The number of guanidine groups is 1. The highest BCUT2D eigenvalue weighted by Gasteiger charge is 2.28. The third-order valence-corrected chi connectivity index (χ3v) is 4.30. The summed E-state index contributed by atoms with van der Waals surface area (Å²) in [6, 6.07) is 10.7. The van der Waals surface area contributed by atoms with E-state index < -0.39 is 0 Å². The van der Waals surface area contributed by atoms with Crippen LogP contribution in [-0.2, 0) is 10.2 Å². The molecule has 2 N–H and O–H groups in total. The Morgan fingerprint density at radius 3 is 2.26 bits per heavy atom. The van der Waals surface area contributed by atoms with Gasteiger partial charge in [0.15, 0.2) is 5.96 Å². The molecule has 0 saturated carbocycles. The highest BCUT2D eigenvalue weighted by molar-refractivity contribution is 14.0. The Labute approximate surface area is 158 Å². The molecule has 0 heterocycles. The normalized spacial score (nSPS) is 11.7. The van der Waals surface area contributed by atoms with Crippen molar-refractivity contribution in [1.82, 2.24) is 10.6 Å². The Balaban J connectivity index is 0.00000484. The monoisotopic (exact) mass is 433 g/mol. The summed E-state index contributed by atoms with van der Waals surface area (Å²) in [4.78, 5) is 4.29. The van der Waals surface area contributed by atoms with Crippen molar-refractivity contribution in [3.05, 3.63) is 35.9 Å². The average Bonchev–Trinajstić information content (AvgIpc) is 2.59. The summed E-state index contributed by atoms with van der Waals surface area (Å²) < 4.78 is 5.34. The fourth-order valence-corrected chi connectivity index (χ4v) is 2.66. The van der Waals surface area contributed by atoms with Crippen molar-refractivity contribution in [2.45, 2.75) is 39.0 Å². The van der Waals surface area contributed by atoms with Crippen molar-refractivity contribution in [1.29, 1.82) is 0 Å². The summed E-state index contributed by atoms with van der Waals surface area (Å²) >= 11 is 0. The largest absolute Gasteiger partial charge is 0.380 e. The van der Waals surface area contributed by atoms with E-state index in [0.717, 1.165) is 38.5 Å². The van der Waals surface area contributed by atoms with Crippen molar-refractivity contribution in [3.63, 3.8) is 0 Å². The number of halogens is 1. The van der Waals surface area contributed by atoms with Gasteiger partial charge in [-0.3, -0.25) is 4.99 Å². The minimum atomic E-state index is 0. The average molecular weight is 433 g/mol. The fraction of sp³-hybridized carbons (Fsp3) is 0.611. The predicted octanol–water partition coefficient (Wildman–Crippen LogP) is 3.56. The van der Waals surface area contributed by atoms with Crippen LogP contribution in [0.2, 0.25) is 0 Å². The van der Waals surface area contributed by atoms with E-state index in [1.165, 1.54) is 5.56 Å². The number of rotatable bonds is 9. The number of nitrogens with one attached hydrogen (secondary N) is 2.